The minimum atomic E-state index is -0.184. The van der Waals surface area contributed by atoms with E-state index in [0.29, 0.717) is 6.61 Å². The predicted molar refractivity (Wildman–Crippen MR) is 117 cm³/mol. The Morgan fingerprint density at radius 2 is 1.93 bits per heavy atom. The van der Waals surface area contributed by atoms with E-state index in [1.165, 1.54) is 22.2 Å². The Kier molecular flexibility index (Phi) is 4.70. The molecule has 2 aliphatic heterocycles. The van der Waals surface area contributed by atoms with Gasteiger partial charge in [0.2, 0.25) is 6.29 Å². The molecule has 2 aromatic carbocycles. The molecule has 148 valence electrons. The van der Waals surface area contributed by atoms with Gasteiger partial charge in [-0.25, -0.2) is 4.99 Å². The van der Waals surface area contributed by atoms with E-state index in [4.69, 9.17) is 15.5 Å². The molecule has 5 nitrogen and oxygen atoms in total. The standard InChI is InChI=1S/C24H26N4O/c1-17(25)22-13-19-9-5-6-10-21(19)28(22)24-26-14-20-11-12-29-16-23(20)27(24)15-18-7-3-2-4-8-18/h2-10,13-14,17,24H,11-12,15-16,25H2,1H3. The van der Waals surface area contributed by atoms with Crippen LogP contribution in [0, 0.1) is 0 Å². The third kappa shape index (κ3) is 3.26. The van der Waals surface area contributed by atoms with Crippen LogP contribution in [0.25, 0.3) is 10.9 Å². The van der Waals surface area contributed by atoms with Crippen LogP contribution >= 0.6 is 0 Å². The molecule has 2 N–H and O–H groups in total. The van der Waals surface area contributed by atoms with Crippen LogP contribution in [0.3, 0.4) is 0 Å². The second-order valence-corrected chi connectivity index (χ2v) is 7.80. The zero-order valence-electron chi connectivity index (χ0n) is 16.7. The number of ether oxygens (including phenoxy) is 1. The molecule has 2 aliphatic rings. The minimum absolute atomic E-state index is 0.0887. The summed E-state index contributed by atoms with van der Waals surface area (Å²) in [4.78, 5) is 7.40. The van der Waals surface area contributed by atoms with E-state index >= 15 is 0 Å². The van der Waals surface area contributed by atoms with Gasteiger partial charge in [0.05, 0.1) is 18.7 Å². The van der Waals surface area contributed by atoms with Gasteiger partial charge < -0.3 is 19.9 Å². The number of aromatic nitrogens is 1. The minimum Gasteiger partial charge on any atom is -0.375 e. The number of aliphatic imine (C=N–C) groups is 1. The van der Waals surface area contributed by atoms with E-state index < -0.39 is 0 Å². The van der Waals surface area contributed by atoms with E-state index in [-0.39, 0.29) is 12.3 Å². The first-order valence-electron chi connectivity index (χ1n) is 10.2. The fourth-order valence-corrected chi connectivity index (χ4v) is 4.34. The lowest BCUT2D eigenvalue weighted by atomic mass is 10.1. The van der Waals surface area contributed by atoms with Gasteiger partial charge in [0.15, 0.2) is 0 Å². The summed E-state index contributed by atoms with van der Waals surface area (Å²) in [5, 5.41) is 1.19. The van der Waals surface area contributed by atoms with Crippen molar-refractivity contribution in [2.24, 2.45) is 10.7 Å². The van der Waals surface area contributed by atoms with Crippen LogP contribution in [0.5, 0.6) is 0 Å². The van der Waals surface area contributed by atoms with Crippen molar-refractivity contribution in [2.75, 3.05) is 13.2 Å². The Bertz CT molecular complexity index is 1080. The third-order valence-corrected chi connectivity index (χ3v) is 5.79. The smallest absolute Gasteiger partial charge is 0.203 e. The highest BCUT2D eigenvalue weighted by Gasteiger charge is 2.31. The second-order valence-electron chi connectivity index (χ2n) is 7.80. The number of nitrogens with zero attached hydrogens (tertiary/aromatic N) is 3. The molecule has 0 spiro atoms. The fourth-order valence-electron chi connectivity index (χ4n) is 4.34. The molecule has 0 aliphatic carbocycles. The molecule has 2 unspecified atom stereocenters. The molecule has 0 saturated heterocycles. The first-order valence-corrected chi connectivity index (χ1v) is 10.2. The van der Waals surface area contributed by atoms with Crippen molar-refractivity contribution in [2.45, 2.75) is 32.2 Å². The van der Waals surface area contributed by atoms with Crippen LogP contribution in [0.2, 0.25) is 0 Å². The van der Waals surface area contributed by atoms with E-state index in [0.717, 1.165) is 30.8 Å². The largest absolute Gasteiger partial charge is 0.375 e. The summed E-state index contributed by atoms with van der Waals surface area (Å²) in [7, 11) is 0. The van der Waals surface area contributed by atoms with E-state index in [1.807, 2.05) is 13.1 Å². The number of benzene rings is 2. The molecule has 0 bridgehead atoms. The molecule has 0 saturated carbocycles. The van der Waals surface area contributed by atoms with Crippen molar-refractivity contribution in [1.29, 1.82) is 0 Å². The SMILES string of the molecule is CC(N)c1cc2ccccc2n1C1N=CC2=C(COCC2)N1Cc1ccccc1. The van der Waals surface area contributed by atoms with Crippen LogP contribution < -0.4 is 5.73 Å². The van der Waals surface area contributed by atoms with Crippen LogP contribution in [0.4, 0.5) is 0 Å². The number of hydrogen-bond donors (Lipinski definition) is 1. The molecule has 5 rings (SSSR count). The highest BCUT2D eigenvalue weighted by Crippen LogP contribution is 2.36. The molecule has 5 heteroatoms. The number of para-hydroxylation sites is 1. The lowest BCUT2D eigenvalue weighted by Crippen LogP contribution is -2.38. The monoisotopic (exact) mass is 386 g/mol. The molecule has 29 heavy (non-hydrogen) atoms. The maximum absolute atomic E-state index is 6.39. The lowest BCUT2D eigenvalue weighted by Gasteiger charge is -2.40. The maximum Gasteiger partial charge on any atom is 0.203 e. The Morgan fingerprint density at radius 1 is 1.14 bits per heavy atom. The summed E-state index contributed by atoms with van der Waals surface area (Å²) in [5.74, 6) is 0. The molecule has 0 radical (unpaired) electrons. The van der Waals surface area contributed by atoms with Crippen molar-refractivity contribution in [3.63, 3.8) is 0 Å². The molecule has 2 atom stereocenters. The highest BCUT2D eigenvalue weighted by atomic mass is 16.5. The first kappa shape index (κ1) is 18.2. The normalized spacial score (nSPS) is 20.2. The molecule has 0 fully saturated rings. The summed E-state index contributed by atoms with van der Waals surface area (Å²) in [5.41, 5.74) is 12.4. The molecular formula is C24H26N4O. The molecule has 0 amide bonds. The van der Waals surface area contributed by atoms with Gasteiger partial charge in [-0.1, -0.05) is 48.5 Å². The zero-order valence-corrected chi connectivity index (χ0v) is 16.7. The third-order valence-electron chi connectivity index (χ3n) is 5.79. The van der Waals surface area contributed by atoms with Crippen LogP contribution in [-0.2, 0) is 11.3 Å². The van der Waals surface area contributed by atoms with Gasteiger partial charge in [-0.3, -0.25) is 0 Å². The topological polar surface area (TPSA) is 55.8 Å². The lowest BCUT2D eigenvalue weighted by molar-refractivity contribution is 0.0882. The van der Waals surface area contributed by atoms with Crippen LogP contribution in [0.15, 0.2) is 76.9 Å². The molecule has 3 heterocycles. The number of fused-ring (bicyclic) bond motifs is 1. The average Bonchev–Trinajstić information content (AvgIpc) is 3.15. The number of rotatable bonds is 4. The fraction of sp³-hybridized carbons (Fsp3) is 0.292. The van der Waals surface area contributed by atoms with E-state index in [9.17, 15) is 0 Å². The zero-order chi connectivity index (χ0) is 19.8. The van der Waals surface area contributed by atoms with Gasteiger partial charge in [0.1, 0.15) is 0 Å². The molecular weight excluding hydrogens is 360 g/mol. The van der Waals surface area contributed by atoms with Crippen molar-refractivity contribution < 1.29 is 4.74 Å². The first-order chi connectivity index (χ1) is 14.2. The van der Waals surface area contributed by atoms with Gasteiger partial charge in [0.25, 0.3) is 0 Å². The predicted octanol–water partition coefficient (Wildman–Crippen LogP) is 4.38. The van der Waals surface area contributed by atoms with Crippen molar-refractivity contribution in [1.82, 2.24) is 9.47 Å². The Morgan fingerprint density at radius 3 is 2.76 bits per heavy atom. The van der Waals surface area contributed by atoms with Gasteiger partial charge >= 0.3 is 0 Å². The van der Waals surface area contributed by atoms with E-state index in [1.54, 1.807) is 0 Å². The summed E-state index contributed by atoms with van der Waals surface area (Å²) >= 11 is 0. The Hall–Kier alpha value is -2.89. The summed E-state index contributed by atoms with van der Waals surface area (Å²) in [6, 6.07) is 21.1. The van der Waals surface area contributed by atoms with Crippen molar-refractivity contribution >= 4 is 17.1 Å². The summed E-state index contributed by atoms with van der Waals surface area (Å²) in [6.45, 7) is 4.19. The average molecular weight is 386 g/mol. The maximum atomic E-state index is 6.39. The summed E-state index contributed by atoms with van der Waals surface area (Å²) < 4.78 is 8.13. The number of hydrogen-bond acceptors (Lipinski definition) is 4. The summed E-state index contributed by atoms with van der Waals surface area (Å²) in [6.07, 6.45) is 2.77. The Labute approximate surface area is 171 Å². The van der Waals surface area contributed by atoms with Gasteiger partial charge in [-0.15, -0.1) is 0 Å². The van der Waals surface area contributed by atoms with Gasteiger partial charge in [-0.2, -0.15) is 0 Å². The number of nitrogens with two attached hydrogens (primary N) is 1. The van der Waals surface area contributed by atoms with Crippen LogP contribution in [0.1, 0.15) is 36.9 Å². The van der Waals surface area contributed by atoms with Crippen molar-refractivity contribution in [3.8, 4) is 0 Å². The van der Waals surface area contributed by atoms with Crippen LogP contribution in [-0.4, -0.2) is 28.9 Å². The molecule has 3 aromatic rings. The Balaban J connectivity index is 1.65. The highest BCUT2D eigenvalue weighted by molar-refractivity contribution is 5.83. The second kappa shape index (κ2) is 7.50. The molecule has 1 aromatic heterocycles. The van der Waals surface area contributed by atoms with Crippen molar-refractivity contribution in [3.05, 3.63) is 83.2 Å². The van der Waals surface area contributed by atoms with Gasteiger partial charge in [-0.05, 0) is 36.6 Å². The quantitative estimate of drug-likeness (QED) is 0.724. The van der Waals surface area contributed by atoms with Gasteiger partial charge in [0, 0.05) is 35.6 Å². The van der Waals surface area contributed by atoms with E-state index in [2.05, 4.69) is 70.1 Å².